The van der Waals surface area contributed by atoms with Crippen molar-refractivity contribution in [3.05, 3.63) is 41.6 Å². The number of nitrogens with one attached hydrogen (secondary N) is 2. The summed E-state index contributed by atoms with van der Waals surface area (Å²) in [5, 5.41) is 21.6. The van der Waals surface area contributed by atoms with E-state index in [1.807, 2.05) is 36.7 Å². The van der Waals surface area contributed by atoms with Gasteiger partial charge in [0.2, 0.25) is 0 Å². The SMILES string of the molecule is Cc1cc(-c2cnn3c(NCC4CC(C)(O)C4)cc(N(C)C4CCCC4)nc23)ccc1C(=O)NC1CC1. The molecular formula is C29H38N6O2. The summed E-state index contributed by atoms with van der Waals surface area (Å²) in [6, 6.07) is 8.93. The van der Waals surface area contributed by atoms with Crippen molar-refractivity contribution in [2.75, 3.05) is 23.8 Å². The van der Waals surface area contributed by atoms with Gasteiger partial charge in [-0.25, -0.2) is 4.98 Å². The van der Waals surface area contributed by atoms with Gasteiger partial charge in [-0.05, 0) is 75.5 Å². The highest BCUT2D eigenvalue weighted by Crippen LogP contribution is 2.38. The number of carbonyl (C=O) groups is 1. The molecule has 2 aromatic heterocycles. The molecule has 3 fully saturated rings. The average molecular weight is 503 g/mol. The molecule has 37 heavy (non-hydrogen) atoms. The minimum atomic E-state index is -0.536. The molecule has 0 radical (unpaired) electrons. The van der Waals surface area contributed by atoms with E-state index >= 15 is 0 Å². The zero-order chi connectivity index (χ0) is 25.7. The van der Waals surface area contributed by atoms with E-state index < -0.39 is 5.60 Å². The van der Waals surface area contributed by atoms with Gasteiger partial charge in [0.25, 0.3) is 5.91 Å². The van der Waals surface area contributed by atoms with E-state index in [1.165, 1.54) is 25.7 Å². The number of nitrogens with zero attached hydrogens (tertiary/aromatic N) is 4. The molecule has 3 aliphatic rings. The van der Waals surface area contributed by atoms with Crippen LogP contribution < -0.4 is 15.5 Å². The lowest BCUT2D eigenvalue weighted by Crippen LogP contribution is -2.43. The van der Waals surface area contributed by atoms with Crippen molar-refractivity contribution in [2.45, 2.75) is 82.9 Å². The minimum absolute atomic E-state index is 0.00599. The van der Waals surface area contributed by atoms with Crippen LogP contribution in [0.1, 0.15) is 74.2 Å². The molecule has 0 unspecified atom stereocenters. The molecule has 3 saturated carbocycles. The van der Waals surface area contributed by atoms with Gasteiger partial charge in [-0.1, -0.05) is 25.0 Å². The zero-order valence-corrected chi connectivity index (χ0v) is 22.1. The highest BCUT2D eigenvalue weighted by molar-refractivity contribution is 5.97. The Morgan fingerprint density at radius 3 is 2.62 bits per heavy atom. The minimum Gasteiger partial charge on any atom is -0.390 e. The number of aromatic nitrogens is 3. The smallest absolute Gasteiger partial charge is 0.251 e. The molecular weight excluding hydrogens is 464 g/mol. The molecule has 1 aromatic carbocycles. The van der Waals surface area contributed by atoms with Gasteiger partial charge in [0.15, 0.2) is 5.65 Å². The quantitative estimate of drug-likeness (QED) is 0.418. The predicted molar refractivity (Wildman–Crippen MR) is 146 cm³/mol. The number of aliphatic hydroxyl groups is 1. The van der Waals surface area contributed by atoms with E-state index in [9.17, 15) is 9.90 Å². The zero-order valence-electron chi connectivity index (χ0n) is 22.1. The Balaban J connectivity index is 1.33. The van der Waals surface area contributed by atoms with Crippen molar-refractivity contribution < 1.29 is 9.90 Å². The Labute approximate surface area is 218 Å². The van der Waals surface area contributed by atoms with Gasteiger partial charge < -0.3 is 20.6 Å². The summed E-state index contributed by atoms with van der Waals surface area (Å²) in [6.45, 7) is 4.69. The van der Waals surface area contributed by atoms with Crippen molar-refractivity contribution in [1.82, 2.24) is 19.9 Å². The number of fused-ring (bicyclic) bond motifs is 1. The maximum atomic E-state index is 12.6. The van der Waals surface area contributed by atoms with Crippen LogP contribution in [0.3, 0.4) is 0 Å². The fourth-order valence-electron chi connectivity index (χ4n) is 6.09. The van der Waals surface area contributed by atoms with Crippen LogP contribution in [0.25, 0.3) is 16.8 Å². The third kappa shape index (κ3) is 4.91. The van der Waals surface area contributed by atoms with Gasteiger partial charge >= 0.3 is 0 Å². The van der Waals surface area contributed by atoms with Gasteiger partial charge in [-0.15, -0.1) is 0 Å². The number of amides is 1. The molecule has 8 heteroatoms. The van der Waals surface area contributed by atoms with Crippen molar-refractivity contribution in [1.29, 1.82) is 0 Å². The highest BCUT2D eigenvalue weighted by atomic mass is 16.3. The molecule has 0 spiro atoms. The Morgan fingerprint density at radius 1 is 1.19 bits per heavy atom. The molecule has 8 nitrogen and oxygen atoms in total. The Kier molecular flexibility index (Phi) is 6.10. The number of benzene rings is 1. The summed E-state index contributed by atoms with van der Waals surface area (Å²) in [6.07, 6.45) is 10.6. The second kappa shape index (κ2) is 9.31. The van der Waals surface area contributed by atoms with Gasteiger partial charge in [0.05, 0.1) is 11.8 Å². The lowest BCUT2D eigenvalue weighted by atomic mass is 9.72. The Hall–Kier alpha value is -3.13. The molecule has 0 saturated heterocycles. The van der Waals surface area contributed by atoms with E-state index in [-0.39, 0.29) is 5.91 Å². The number of hydrogen-bond donors (Lipinski definition) is 3. The Morgan fingerprint density at radius 2 is 1.95 bits per heavy atom. The van der Waals surface area contributed by atoms with Crippen LogP contribution in [0.15, 0.2) is 30.5 Å². The number of anilines is 2. The second-order valence-corrected chi connectivity index (χ2v) is 11.8. The highest BCUT2D eigenvalue weighted by Gasteiger charge is 2.38. The van der Waals surface area contributed by atoms with Crippen LogP contribution in [-0.4, -0.2) is 56.9 Å². The molecule has 0 aliphatic heterocycles. The van der Waals surface area contributed by atoms with Gasteiger partial charge in [0.1, 0.15) is 11.6 Å². The summed E-state index contributed by atoms with van der Waals surface area (Å²) in [5.74, 6) is 2.31. The van der Waals surface area contributed by atoms with Gasteiger partial charge in [0, 0.05) is 42.9 Å². The summed E-state index contributed by atoms with van der Waals surface area (Å²) < 4.78 is 1.89. The standard InChI is InChI=1S/C29H38N6O2/c1-18-12-20(8-11-23(18)28(36)32-21-9-10-21)24-17-31-35-25(30-16-19-14-29(2,37)15-19)13-26(33-27(24)35)34(3)22-6-4-5-7-22/h8,11-13,17,19,21-22,30,37H,4-7,9-10,14-16H2,1-3H3,(H,32,36). The summed E-state index contributed by atoms with van der Waals surface area (Å²) >= 11 is 0. The van der Waals surface area contributed by atoms with Gasteiger partial charge in [-0.2, -0.15) is 9.61 Å². The van der Waals surface area contributed by atoms with Crippen LogP contribution in [0.5, 0.6) is 0 Å². The van der Waals surface area contributed by atoms with Crippen LogP contribution in [-0.2, 0) is 0 Å². The van der Waals surface area contributed by atoms with E-state index in [4.69, 9.17) is 10.1 Å². The number of carbonyl (C=O) groups excluding carboxylic acids is 1. The normalized spacial score (nSPS) is 23.7. The third-order valence-electron chi connectivity index (χ3n) is 8.42. The fourth-order valence-corrected chi connectivity index (χ4v) is 6.09. The van der Waals surface area contributed by atoms with Crippen molar-refractivity contribution in [3.8, 4) is 11.1 Å². The first kappa shape index (κ1) is 24.2. The monoisotopic (exact) mass is 502 g/mol. The lowest BCUT2D eigenvalue weighted by Gasteiger charge is -2.41. The molecule has 0 atom stereocenters. The van der Waals surface area contributed by atoms with Crippen LogP contribution >= 0.6 is 0 Å². The van der Waals surface area contributed by atoms with E-state index in [2.05, 4.69) is 34.7 Å². The topological polar surface area (TPSA) is 94.8 Å². The molecule has 196 valence electrons. The van der Waals surface area contributed by atoms with E-state index in [1.54, 1.807) is 0 Å². The average Bonchev–Trinajstić information content (AvgIpc) is 3.31. The molecule has 2 heterocycles. The summed E-state index contributed by atoms with van der Waals surface area (Å²) in [4.78, 5) is 20.1. The molecule has 0 bridgehead atoms. The largest absolute Gasteiger partial charge is 0.390 e. The van der Waals surface area contributed by atoms with E-state index in [0.29, 0.717) is 18.0 Å². The van der Waals surface area contributed by atoms with Gasteiger partial charge in [-0.3, -0.25) is 4.79 Å². The van der Waals surface area contributed by atoms with Crippen molar-refractivity contribution in [2.24, 2.45) is 5.92 Å². The Bertz CT molecular complexity index is 1310. The maximum Gasteiger partial charge on any atom is 0.251 e. The molecule has 6 rings (SSSR count). The lowest BCUT2D eigenvalue weighted by molar-refractivity contribution is -0.0524. The first-order valence-electron chi connectivity index (χ1n) is 13.8. The van der Waals surface area contributed by atoms with Crippen LogP contribution in [0.2, 0.25) is 0 Å². The molecule has 3 aliphatic carbocycles. The summed E-state index contributed by atoms with van der Waals surface area (Å²) in [7, 11) is 2.15. The molecule has 1 amide bonds. The van der Waals surface area contributed by atoms with Crippen molar-refractivity contribution in [3.63, 3.8) is 0 Å². The first-order chi connectivity index (χ1) is 17.8. The molecule has 3 aromatic rings. The summed E-state index contributed by atoms with van der Waals surface area (Å²) in [5.41, 5.74) is 3.90. The first-order valence-corrected chi connectivity index (χ1v) is 13.8. The number of aryl methyl sites for hydroxylation is 1. The molecule has 3 N–H and O–H groups in total. The second-order valence-electron chi connectivity index (χ2n) is 11.8. The third-order valence-corrected chi connectivity index (χ3v) is 8.42. The van der Waals surface area contributed by atoms with Crippen molar-refractivity contribution >= 4 is 23.2 Å². The maximum absolute atomic E-state index is 12.6. The fraction of sp³-hybridized carbons (Fsp3) is 0.552. The van der Waals surface area contributed by atoms with Crippen LogP contribution in [0.4, 0.5) is 11.6 Å². The van der Waals surface area contributed by atoms with Crippen LogP contribution in [0, 0.1) is 12.8 Å². The predicted octanol–water partition coefficient (Wildman–Crippen LogP) is 4.55. The van der Waals surface area contributed by atoms with E-state index in [0.717, 1.165) is 71.8 Å². The number of rotatable bonds is 8. The number of hydrogen-bond acceptors (Lipinski definition) is 6.